The topological polar surface area (TPSA) is 104 Å². The summed E-state index contributed by atoms with van der Waals surface area (Å²) in [5, 5.41) is 33.4. The quantitative estimate of drug-likeness (QED) is 0.101. The molecule has 0 aromatic carbocycles. The summed E-state index contributed by atoms with van der Waals surface area (Å²) in [6, 6.07) is 0. The molecular formula is C32H48O6. The van der Waals surface area contributed by atoms with E-state index in [1.54, 1.807) is 13.8 Å². The van der Waals surface area contributed by atoms with Gasteiger partial charge in [-0.2, -0.15) is 0 Å². The van der Waals surface area contributed by atoms with E-state index in [-0.39, 0.29) is 25.0 Å². The Morgan fingerprint density at radius 2 is 1.92 bits per heavy atom. The molecule has 0 aromatic heterocycles. The zero-order valence-corrected chi connectivity index (χ0v) is 24.0. The first-order chi connectivity index (χ1) is 17.9. The molecule has 2 aliphatic rings. The summed E-state index contributed by atoms with van der Waals surface area (Å²) < 4.78 is 5.38. The molecule has 0 amide bonds. The van der Waals surface area contributed by atoms with E-state index in [0.717, 1.165) is 35.8 Å². The highest BCUT2D eigenvalue weighted by Crippen LogP contribution is 2.62. The molecule has 0 aliphatic heterocycles. The SMILES string of the molecule is C=C(/C=C/C=C(/COC(C)=O)[C@@H]1CC[C@]2([C@H](CCCO)/C(=C(/C)C=O)CC[C@]2(C)O)[C@H]1O)CCC=C(C)C. The van der Waals surface area contributed by atoms with Crippen molar-refractivity contribution in [2.75, 3.05) is 13.2 Å². The Balaban J connectivity index is 2.44. The van der Waals surface area contributed by atoms with Gasteiger partial charge in [-0.15, -0.1) is 0 Å². The number of esters is 1. The van der Waals surface area contributed by atoms with Crippen LogP contribution < -0.4 is 0 Å². The molecule has 0 saturated heterocycles. The highest BCUT2D eigenvalue weighted by molar-refractivity contribution is 5.74. The second kappa shape index (κ2) is 14.2. The van der Waals surface area contributed by atoms with Crippen LogP contribution in [0.25, 0.3) is 0 Å². The number of carbonyl (C=O) groups excluding carboxylic acids is 2. The van der Waals surface area contributed by atoms with Crippen molar-refractivity contribution >= 4 is 12.3 Å². The molecular weight excluding hydrogens is 480 g/mol. The van der Waals surface area contributed by atoms with Crippen LogP contribution >= 0.6 is 0 Å². The van der Waals surface area contributed by atoms with Crippen molar-refractivity contribution in [2.24, 2.45) is 17.3 Å². The molecule has 0 radical (unpaired) electrons. The lowest BCUT2D eigenvalue weighted by Gasteiger charge is -2.55. The minimum Gasteiger partial charge on any atom is -0.461 e. The van der Waals surface area contributed by atoms with E-state index in [1.165, 1.54) is 12.5 Å². The molecule has 212 valence electrons. The Morgan fingerprint density at radius 1 is 1.21 bits per heavy atom. The standard InChI is InChI=1S/C32H48O6/c1-22(2)10-7-11-23(3)12-8-13-26(21-38-25(5)35)28-16-18-32(30(28)36)29(14-9-19-33)27(24(4)20-34)15-17-31(32,6)37/h8,10,12-13,20,28-30,33,36-37H,3,7,9,11,14-19,21H2,1-2,4-6H3/b12-8+,26-13-,27-24-/t28-,29+,30-,31-,32-/m0/s1. The van der Waals surface area contributed by atoms with Gasteiger partial charge < -0.3 is 20.1 Å². The van der Waals surface area contributed by atoms with Crippen LogP contribution in [0.5, 0.6) is 0 Å². The third-order valence-electron chi connectivity index (χ3n) is 8.62. The lowest BCUT2D eigenvalue weighted by Crippen LogP contribution is -2.59. The molecule has 6 heteroatoms. The smallest absolute Gasteiger partial charge is 0.302 e. The fourth-order valence-corrected chi connectivity index (χ4v) is 6.56. The van der Waals surface area contributed by atoms with Crippen molar-refractivity contribution in [3.05, 3.63) is 58.7 Å². The summed E-state index contributed by atoms with van der Waals surface area (Å²) in [6.45, 7) is 13.3. The van der Waals surface area contributed by atoms with Gasteiger partial charge in [-0.3, -0.25) is 9.59 Å². The minimum atomic E-state index is -1.16. The third-order valence-corrected chi connectivity index (χ3v) is 8.62. The Bertz CT molecular complexity index is 978. The van der Waals surface area contributed by atoms with Gasteiger partial charge in [0, 0.05) is 24.9 Å². The van der Waals surface area contributed by atoms with Crippen LogP contribution in [0.4, 0.5) is 0 Å². The summed E-state index contributed by atoms with van der Waals surface area (Å²) >= 11 is 0. The molecule has 0 unspecified atom stereocenters. The summed E-state index contributed by atoms with van der Waals surface area (Å²) in [5.41, 5.74) is 2.62. The van der Waals surface area contributed by atoms with Gasteiger partial charge in [0.05, 0.1) is 11.7 Å². The Labute approximate surface area is 228 Å². The summed E-state index contributed by atoms with van der Waals surface area (Å²) in [6.07, 6.45) is 12.9. The van der Waals surface area contributed by atoms with Gasteiger partial charge in [-0.05, 0) is 96.1 Å². The monoisotopic (exact) mass is 528 g/mol. The van der Waals surface area contributed by atoms with E-state index in [4.69, 9.17) is 4.74 Å². The van der Waals surface area contributed by atoms with Crippen molar-refractivity contribution in [2.45, 2.75) is 97.7 Å². The first-order valence-corrected chi connectivity index (χ1v) is 13.9. The first kappa shape index (κ1) is 31.9. The average Bonchev–Trinajstić information content (AvgIpc) is 3.19. The molecule has 38 heavy (non-hydrogen) atoms. The van der Waals surface area contributed by atoms with Crippen LogP contribution in [0.3, 0.4) is 0 Å². The van der Waals surface area contributed by atoms with Gasteiger partial charge in [0.25, 0.3) is 0 Å². The number of hydrogen-bond donors (Lipinski definition) is 3. The van der Waals surface area contributed by atoms with Crippen LogP contribution in [0, 0.1) is 17.3 Å². The fourth-order valence-electron chi connectivity index (χ4n) is 6.56. The third kappa shape index (κ3) is 7.43. The maximum absolute atomic E-state index is 12.0. The predicted octanol–water partition coefficient (Wildman–Crippen LogP) is 5.54. The summed E-state index contributed by atoms with van der Waals surface area (Å²) in [7, 11) is 0. The number of aldehydes is 1. The molecule has 0 bridgehead atoms. The van der Waals surface area contributed by atoms with E-state index in [2.05, 4.69) is 26.5 Å². The highest BCUT2D eigenvalue weighted by Gasteiger charge is 2.64. The largest absolute Gasteiger partial charge is 0.461 e. The average molecular weight is 529 g/mol. The highest BCUT2D eigenvalue weighted by atomic mass is 16.5. The lowest BCUT2D eigenvalue weighted by atomic mass is 9.52. The molecule has 2 saturated carbocycles. The molecule has 6 nitrogen and oxygen atoms in total. The van der Waals surface area contributed by atoms with Gasteiger partial charge in [0.1, 0.15) is 12.9 Å². The maximum atomic E-state index is 12.0. The summed E-state index contributed by atoms with van der Waals surface area (Å²) in [5.74, 6) is -0.952. The van der Waals surface area contributed by atoms with Crippen LogP contribution in [0.2, 0.25) is 0 Å². The molecule has 2 rings (SSSR count). The van der Waals surface area contributed by atoms with Gasteiger partial charge in [-0.25, -0.2) is 0 Å². The number of allylic oxidation sites excluding steroid dienone is 8. The Morgan fingerprint density at radius 3 is 2.53 bits per heavy atom. The fraction of sp³-hybridized carbons (Fsp3) is 0.625. The van der Waals surface area contributed by atoms with Gasteiger partial charge >= 0.3 is 5.97 Å². The van der Waals surface area contributed by atoms with E-state index < -0.39 is 23.1 Å². The molecule has 2 fully saturated rings. The normalized spacial score (nSPS) is 30.9. The number of ether oxygens (including phenoxy) is 1. The van der Waals surface area contributed by atoms with E-state index in [0.29, 0.717) is 44.1 Å². The number of aliphatic hydroxyl groups excluding tert-OH is 2. The zero-order valence-electron chi connectivity index (χ0n) is 24.0. The van der Waals surface area contributed by atoms with Crippen LogP contribution in [-0.2, 0) is 14.3 Å². The number of hydrogen-bond acceptors (Lipinski definition) is 6. The van der Waals surface area contributed by atoms with Crippen molar-refractivity contribution in [3.8, 4) is 0 Å². The molecule has 3 N–H and O–H groups in total. The van der Waals surface area contributed by atoms with Crippen molar-refractivity contribution in [1.29, 1.82) is 0 Å². The van der Waals surface area contributed by atoms with E-state index >= 15 is 0 Å². The molecule has 5 atom stereocenters. The van der Waals surface area contributed by atoms with Crippen LogP contribution in [0.1, 0.15) is 86.0 Å². The second-order valence-electron chi connectivity index (χ2n) is 11.5. The number of carbonyl (C=O) groups is 2. The predicted molar refractivity (Wildman–Crippen MR) is 151 cm³/mol. The van der Waals surface area contributed by atoms with Crippen molar-refractivity contribution in [1.82, 2.24) is 0 Å². The molecule has 2 aliphatic carbocycles. The van der Waals surface area contributed by atoms with Gasteiger partial charge in [-0.1, -0.05) is 47.6 Å². The van der Waals surface area contributed by atoms with E-state index in [1.807, 2.05) is 18.2 Å². The van der Waals surface area contributed by atoms with Crippen molar-refractivity contribution in [3.63, 3.8) is 0 Å². The van der Waals surface area contributed by atoms with Crippen LogP contribution in [-0.4, -0.2) is 52.5 Å². The molecule has 1 spiro atoms. The van der Waals surface area contributed by atoms with Gasteiger partial charge in [0.2, 0.25) is 0 Å². The van der Waals surface area contributed by atoms with Gasteiger partial charge in [0.15, 0.2) is 0 Å². The molecule has 0 heterocycles. The summed E-state index contributed by atoms with van der Waals surface area (Å²) in [4.78, 5) is 23.4. The Kier molecular flexibility index (Phi) is 11.9. The Hall–Kier alpha value is -2.28. The zero-order chi connectivity index (χ0) is 28.5. The number of rotatable bonds is 12. The number of aliphatic hydroxyl groups is 3. The maximum Gasteiger partial charge on any atom is 0.302 e. The van der Waals surface area contributed by atoms with Crippen LogP contribution in [0.15, 0.2) is 58.7 Å². The first-order valence-electron chi connectivity index (χ1n) is 13.9. The van der Waals surface area contributed by atoms with Crippen molar-refractivity contribution < 1.29 is 29.6 Å². The second-order valence-corrected chi connectivity index (χ2v) is 11.5. The molecule has 0 aromatic rings. The minimum absolute atomic E-state index is 0.00155. The van der Waals surface area contributed by atoms with E-state index in [9.17, 15) is 24.9 Å². The lowest BCUT2D eigenvalue weighted by molar-refractivity contribution is -0.168.